The molecule has 0 aromatic rings. The zero-order chi connectivity index (χ0) is 13.9. The topological polar surface area (TPSA) is 47.6 Å². The zero-order valence-electron chi connectivity index (χ0n) is 12.4. The van der Waals surface area contributed by atoms with Crippen molar-refractivity contribution in [1.29, 1.82) is 0 Å². The summed E-state index contributed by atoms with van der Waals surface area (Å²) in [6, 6.07) is 0. The van der Waals surface area contributed by atoms with Crippen LogP contribution in [0.2, 0.25) is 0 Å². The highest BCUT2D eigenvalue weighted by Crippen LogP contribution is 2.16. The molecule has 0 radical (unpaired) electrons. The Balaban J connectivity index is 3.97. The van der Waals surface area contributed by atoms with Crippen molar-refractivity contribution < 1.29 is 14.3 Å². The molecule has 108 valence electrons. The molecule has 0 saturated carbocycles. The first kappa shape index (κ1) is 17.4. The maximum Gasteiger partial charge on any atom is 0.325 e. The van der Waals surface area contributed by atoms with E-state index in [1.807, 2.05) is 6.92 Å². The lowest BCUT2D eigenvalue weighted by molar-refractivity contribution is -0.148. The molecule has 0 aliphatic heterocycles. The molecule has 0 bridgehead atoms. The third-order valence-corrected chi connectivity index (χ3v) is 2.96. The third-order valence-electron chi connectivity index (χ3n) is 2.96. The van der Waals surface area contributed by atoms with E-state index < -0.39 is 5.54 Å². The molecule has 0 saturated heterocycles. The molecule has 0 aromatic carbocycles. The largest absolute Gasteiger partial charge is 0.468 e. The lowest BCUT2D eigenvalue weighted by Gasteiger charge is -2.28. The predicted octanol–water partition coefficient (Wildman–Crippen LogP) is 2.51. The molecule has 0 aliphatic carbocycles. The van der Waals surface area contributed by atoms with Crippen LogP contribution >= 0.6 is 0 Å². The van der Waals surface area contributed by atoms with Gasteiger partial charge in [0, 0.05) is 13.2 Å². The second-order valence-corrected chi connectivity index (χ2v) is 4.82. The first-order valence-corrected chi connectivity index (χ1v) is 7.02. The number of unbranched alkanes of at least 4 members (excludes halogenated alkanes) is 1. The third kappa shape index (κ3) is 6.97. The quantitative estimate of drug-likeness (QED) is 0.457. The highest BCUT2D eigenvalue weighted by Gasteiger charge is 2.32. The van der Waals surface area contributed by atoms with Gasteiger partial charge >= 0.3 is 5.97 Å². The van der Waals surface area contributed by atoms with E-state index in [9.17, 15) is 4.79 Å². The summed E-state index contributed by atoms with van der Waals surface area (Å²) in [5, 5.41) is 3.28. The van der Waals surface area contributed by atoms with Crippen LogP contribution in [-0.4, -0.2) is 38.4 Å². The maximum atomic E-state index is 11.8. The fourth-order valence-electron chi connectivity index (χ4n) is 1.82. The molecule has 1 atom stereocenters. The lowest BCUT2D eigenvalue weighted by atomic mass is 9.94. The van der Waals surface area contributed by atoms with Crippen molar-refractivity contribution in [3.8, 4) is 0 Å². The van der Waals surface area contributed by atoms with Crippen molar-refractivity contribution in [1.82, 2.24) is 5.32 Å². The second kappa shape index (κ2) is 10.3. The van der Waals surface area contributed by atoms with E-state index in [0.29, 0.717) is 0 Å². The molecule has 0 aromatic heterocycles. The Labute approximate surface area is 111 Å². The summed E-state index contributed by atoms with van der Waals surface area (Å²) in [6.45, 7) is 8.53. The Bertz CT molecular complexity index is 221. The van der Waals surface area contributed by atoms with Gasteiger partial charge in [-0.15, -0.1) is 0 Å². The van der Waals surface area contributed by atoms with E-state index in [-0.39, 0.29) is 5.97 Å². The van der Waals surface area contributed by atoms with Gasteiger partial charge in [0.2, 0.25) is 0 Å². The van der Waals surface area contributed by atoms with Crippen LogP contribution in [0.25, 0.3) is 0 Å². The van der Waals surface area contributed by atoms with Gasteiger partial charge in [-0.1, -0.05) is 13.8 Å². The smallest absolute Gasteiger partial charge is 0.325 e. The van der Waals surface area contributed by atoms with Gasteiger partial charge in [-0.25, -0.2) is 0 Å². The second-order valence-electron chi connectivity index (χ2n) is 4.82. The molecule has 0 rings (SSSR count). The summed E-state index contributed by atoms with van der Waals surface area (Å²) in [4.78, 5) is 11.8. The molecule has 0 heterocycles. The monoisotopic (exact) mass is 259 g/mol. The van der Waals surface area contributed by atoms with Gasteiger partial charge in [0.05, 0.1) is 7.11 Å². The summed E-state index contributed by atoms with van der Waals surface area (Å²) in [6.07, 6.45) is 4.80. The number of esters is 1. The van der Waals surface area contributed by atoms with Gasteiger partial charge in [0.25, 0.3) is 0 Å². The Hall–Kier alpha value is -0.610. The Morgan fingerprint density at radius 3 is 2.44 bits per heavy atom. The van der Waals surface area contributed by atoms with Gasteiger partial charge in [-0.3, -0.25) is 4.79 Å². The van der Waals surface area contributed by atoms with Crippen LogP contribution in [0.5, 0.6) is 0 Å². The van der Waals surface area contributed by atoms with Crippen LogP contribution in [0.4, 0.5) is 0 Å². The zero-order valence-corrected chi connectivity index (χ0v) is 12.4. The summed E-state index contributed by atoms with van der Waals surface area (Å²) >= 11 is 0. The normalized spacial score (nSPS) is 14.2. The minimum Gasteiger partial charge on any atom is -0.468 e. The summed E-state index contributed by atoms with van der Waals surface area (Å²) < 4.78 is 10.3. The van der Waals surface area contributed by atoms with E-state index in [2.05, 4.69) is 19.2 Å². The van der Waals surface area contributed by atoms with Crippen LogP contribution in [0, 0.1) is 0 Å². The molecule has 1 N–H and O–H groups in total. The molecule has 4 heteroatoms. The highest BCUT2D eigenvalue weighted by molar-refractivity contribution is 5.80. The molecule has 0 aliphatic rings. The van der Waals surface area contributed by atoms with Crippen molar-refractivity contribution >= 4 is 5.97 Å². The number of methoxy groups -OCH3 is 1. The number of carbonyl (C=O) groups excluding carboxylic acids is 1. The first-order chi connectivity index (χ1) is 8.60. The van der Waals surface area contributed by atoms with E-state index in [1.54, 1.807) is 0 Å². The predicted molar refractivity (Wildman–Crippen MR) is 73.7 cm³/mol. The number of nitrogens with one attached hydrogen (secondary N) is 1. The number of rotatable bonds is 11. The Morgan fingerprint density at radius 2 is 1.89 bits per heavy atom. The summed E-state index contributed by atoms with van der Waals surface area (Å²) in [5.74, 6) is -0.176. The summed E-state index contributed by atoms with van der Waals surface area (Å²) in [5.41, 5.74) is -0.560. The number of carbonyl (C=O) groups is 1. The fraction of sp³-hybridized carbons (Fsp3) is 0.929. The number of hydrogen-bond donors (Lipinski definition) is 1. The van der Waals surface area contributed by atoms with E-state index in [0.717, 1.165) is 51.9 Å². The van der Waals surface area contributed by atoms with Crippen LogP contribution in [0.15, 0.2) is 0 Å². The highest BCUT2D eigenvalue weighted by atomic mass is 16.5. The van der Waals surface area contributed by atoms with Crippen molar-refractivity contribution in [3.05, 3.63) is 0 Å². The molecule has 4 nitrogen and oxygen atoms in total. The number of ether oxygens (including phenoxy) is 2. The van der Waals surface area contributed by atoms with Crippen LogP contribution < -0.4 is 5.32 Å². The Morgan fingerprint density at radius 1 is 1.17 bits per heavy atom. The number of hydrogen-bond acceptors (Lipinski definition) is 4. The van der Waals surface area contributed by atoms with E-state index >= 15 is 0 Å². The van der Waals surface area contributed by atoms with Crippen molar-refractivity contribution in [2.24, 2.45) is 0 Å². The summed E-state index contributed by atoms with van der Waals surface area (Å²) in [7, 11) is 1.44. The minimum absolute atomic E-state index is 0.176. The molecule has 1 unspecified atom stereocenters. The molecular formula is C14H29NO3. The molecular weight excluding hydrogens is 230 g/mol. The van der Waals surface area contributed by atoms with Crippen LogP contribution in [-0.2, 0) is 14.3 Å². The fourth-order valence-corrected chi connectivity index (χ4v) is 1.82. The van der Waals surface area contributed by atoms with E-state index in [1.165, 1.54) is 7.11 Å². The molecule has 0 fully saturated rings. The Kier molecular flexibility index (Phi) is 9.98. The first-order valence-electron chi connectivity index (χ1n) is 7.02. The van der Waals surface area contributed by atoms with Crippen LogP contribution in [0.1, 0.15) is 52.9 Å². The van der Waals surface area contributed by atoms with Gasteiger partial charge < -0.3 is 14.8 Å². The minimum atomic E-state index is -0.560. The molecule has 18 heavy (non-hydrogen) atoms. The SMILES string of the molecule is CCCNC(C)(CCCCOCCC)C(=O)OC. The van der Waals surface area contributed by atoms with Gasteiger partial charge in [-0.2, -0.15) is 0 Å². The maximum absolute atomic E-state index is 11.8. The molecule has 0 spiro atoms. The van der Waals surface area contributed by atoms with Crippen molar-refractivity contribution in [2.75, 3.05) is 26.9 Å². The average molecular weight is 259 g/mol. The van der Waals surface area contributed by atoms with Crippen molar-refractivity contribution in [2.45, 2.75) is 58.4 Å². The standard InChI is InChI=1S/C14H29NO3/c1-5-10-15-14(3,13(16)17-4)9-7-8-12-18-11-6-2/h15H,5-12H2,1-4H3. The van der Waals surface area contributed by atoms with Gasteiger partial charge in [0.15, 0.2) is 0 Å². The van der Waals surface area contributed by atoms with Gasteiger partial charge in [-0.05, 0) is 45.6 Å². The van der Waals surface area contributed by atoms with Crippen molar-refractivity contribution in [3.63, 3.8) is 0 Å². The molecule has 0 amide bonds. The van der Waals surface area contributed by atoms with E-state index in [4.69, 9.17) is 9.47 Å². The average Bonchev–Trinajstić information content (AvgIpc) is 2.39. The lowest BCUT2D eigenvalue weighted by Crippen LogP contribution is -2.50. The van der Waals surface area contributed by atoms with Gasteiger partial charge in [0.1, 0.15) is 5.54 Å². The van der Waals surface area contributed by atoms with Crippen LogP contribution in [0.3, 0.4) is 0 Å².